The highest BCUT2D eigenvalue weighted by Gasteiger charge is 2.16. The minimum atomic E-state index is -1.35. The molecule has 13 heteroatoms. The predicted octanol–water partition coefficient (Wildman–Crippen LogP) is 11.7. The largest absolute Gasteiger partial charge is 0.504 e. The highest BCUT2D eigenvalue weighted by atomic mass is 79.9. The van der Waals surface area contributed by atoms with Gasteiger partial charge in [0, 0.05) is 5.33 Å². The van der Waals surface area contributed by atoms with Crippen molar-refractivity contribution in [3.63, 3.8) is 0 Å². The number of rotatable bonds is 10. The van der Waals surface area contributed by atoms with Crippen molar-refractivity contribution in [1.82, 2.24) is 0 Å². The molecule has 368 valence electrons. The number of halogens is 1. The summed E-state index contributed by atoms with van der Waals surface area (Å²) in [5.41, 5.74) is 9.17. The molecule has 0 aromatic heterocycles. The van der Waals surface area contributed by atoms with E-state index in [2.05, 4.69) is 68.3 Å². The summed E-state index contributed by atoms with van der Waals surface area (Å²) in [4.78, 5) is 33.6. The summed E-state index contributed by atoms with van der Waals surface area (Å²) in [5.74, 6) is -1.17. The van der Waals surface area contributed by atoms with Crippen LogP contribution in [0.1, 0.15) is 101 Å². The van der Waals surface area contributed by atoms with Gasteiger partial charge in [-0.05, 0) is 73.5 Å². The number of hydrogen-bond acceptors (Lipinski definition) is 11. The van der Waals surface area contributed by atoms with Gasteiger partial charge in [-0.1, -0.05) is 174 Å². The fourth-order valence-corrected chi connectivity index (χ4v) is 5.09. The van der Waals surface area contributed by atoms with Gasteiger partial charge < -0.3 is 38.5 Å². The minimum absolute atomic E-state index is 0.364. The topological polar surface area (TPSA) is 147 Å². The van der Waals surface area contributed by atoms with Crippen molar-refractivity contribution in [3.05, 3.63) is 160 Å². The molecule has 0 heterocycles. The van der Waals surface area contributed by atoms with Crippen LogP contribution in [0.4, 0.5) is 0 Å². The lowest BCUT2D eigenvalue weighted by Gasteiger charge is -2.09. The Labute approximate surface area is 407 Å². The van der Waals surface area contributed by atoms with Gasteiger partial charge in [0.25, 0.3) is 0 Å². The summed E-state index contributed by atoms with van der Waals surface area (Å²) in [6, 6.07) is 30.7. The van der Waals surface area contributed by atoms with Crippen LogP contribution in [0.3, 0.4) is 0 Å². The fourth-order valence-electron chi connectivity index (χ4n) is 4.60. The molecule has 4 aromatic carbocycles. The first-order valence-electron chi connectivity index (χ1n) is 21.7. The second-order valence-electron chi connectivity index (χ2n) is 12.0. The summed E-state index contributed by atoms with van der Waals surface area (Å²) in [5, 5.41) is 18.2. The van der Waals surface area contributed by atoms with Gasteiger partial charge in [0.1, 0.15) is 11.1 Å². The molecule has 0 aliphatic rings. The molecule has 0 saturated carbocycles. The molecular weight excluding hydrogens is 903 g/mol. The average molecular weight is 984 g/mol. The van der Waals surface area contributed by atoms with Crippen molar-refractivity contribution in [2.45, 2.75) is 95.3 Å². The zero-order valence-corrected chi connectivity index (χ0v) is 44.8. The van der Waals surface area contributed by atoms with Crippen LogP contribution >= 0.6 is 15.9 Å². The standard InChI is InChI=1S/C12H13BrO3.C12H14O3.C8H10.C7H9BO2.C6H10O3.4C2H6/c1-15-8-11(12(14)16-2)10-6-4-3-5-9(10)7-13;1-9-6-4-5-7-10(9)11(8-14-2)12(13)15-3;1-7-5-3-4-6-8(7)2;1-6-4-2-3-5-7(6)8(9)10;1-5(4-8-2)6(7)9-3;4*1-2/h3-6,8H,7H2,1-2H3;4-8H,1-3H3;3-6H,1-2H3;2-5,9-10H,1H3;4H,1-3H3;4*1-2H3/b2*11-8+;;;5-4+;;;;. The van der Waals surface area contributed by atoms with Crippen LogP contribution in [0.5, 0.6) is 0 Å². The zero-order chi connectivity index (χ0) is 52.0. The molecule has 0 radical (unpaired) electrons. The van der Waals surface area contributed by atoms with Gasteiger partial charge in [-0.3, -0.25) is 0 Å². The van der Waals surface area contributed by atoms with Crippen molar-refractivity contribution < 1.29 is 52.9 Å². The normalized spacial score (nSPS) is 9.58. The van der Waals surface area contributed by atoms with E-state index in [0.29, 0.717) is 27.5 Å². The van der Waals surface area contributed by atoms with Crippen molar-refractivity contribution in [2.24, 2.45) is 0 Å². The van der Waals surface area contributed by atoms with Crippen LogP contribution in [-0.2, 0) is 48.1 Å². The lowest BCUT2D eigenvalue weighted by atomic mass is 9.77. The Balaban J connectivity index is -0.000000230. The molecular formula is C53H80BBrO11. The molecule has 66 heavy (non-hydrogen) atoms. The van der Waals surface area contributed by atoms with Gasteiger partial charge >= 0.3 is 25.0 Å². The lowest BCUT2D eigenvalue weighted by molar-refractivity contribution is -0.136. The van der Waals surface area contributed by atoms with Gasteiger partial charge in [0.2, 0.25) is 0 Å². The number of hydrogen-bond donors (Lipinski definition) is 2. The maximum Gasteiger partial charge on any atom is 0.488 e. The third kappa shape index (κ3) is 30.5. The number of benzene rings is 4. The second kappa shape index (κ2) is 47.3. The molecule has 0 aliphatic heterocycles. The molecule has 0 amide bonds. The molecule has 0 fully saturated rings. The number of alkyl halides is 1. The number of carbonyl (C=O) groups excluding carboxylic acids is 3. The van der Waals surface area contributed by atoms with E-state index in [1.54, 1.807) is 19.1 Å². The fraction of sp³-hybridized carbons (Fsp3) is 0.377. The minimum Gasteiger partial charge on any atom is -0.504 e. The summed E-state index contributed by atoms with van der Waals surface area (Å²) >= 11 is 3.38. The van der Waals surface area contributed by atoms with E-state index in [1.807, 2.05) is 130 Å². The molecule has 0 spiro atoms. The van der Waals surface area contributed by atoms with Crippen molar-refractivity contribution >= 4 is 57.6 Å². The number of methoxy groups -OCH3 is 6. The summed E-state index contributed by atoms with van der Waals surface area (Å²) in [6.45, 7) is 25.6. The predicted molar refractivity (Wildman–Crippen MR) is 279 cm³/mol. The molecule has 0 aliphatic carbocycles. The lowest BCUT2D eigenvalue weighted by Crippen LogP contribution is -2.31. The Morgan fingerprint density at radius 1 is 0.485 bits per heavy atom. The Morgan fingerprint density at radius 3 is 1.14 bits per heavy atom. The highest BCUT2D eigenvalue weighted by Crippen LogP contribution is 2.23. The molecule has 2 N–H and O–H groups in total. The average Bonchev–Trinajstić information content (AvgIpc) is 3.36. The quantitative estimate of drug-likeness (QED) is 0.0391. The van der Waals surface area contributed by atoms with E-state index in [-0.39, 0.29) is 5.97 Å². The molecule has 0 saturated heterocycles. The van der Waals surface area contributed by atoms with Gasteiger partial charge in [-0.25, -0.2) is 14.4 Å². The molecule has 0 unspecified atom stereocenters. The summed E-state index contributed by atoms with van der Waals surface area (Å²) < 4.78 is 28.1. The third-order valence-corrected chi connectivity index (χ3v) is 8.47. The van der Waals surface area contributed by atoms with Gasteiger partial charge in [0.15, 0.2) is 0 Å². The van der Waals surface area contributed by atoms with Crippen LogP contribution in [0.25, 0.3) is 11.1 Å². The van der Waals surface area contributed by atoms with E-state index >= 15 is 0 Å². The van der Waals surface area contributed by atoms with Crippen molar-refractivity contribution in [2.75, 3.05) is 42.7 Å². The van der Waals surface area contributed by atoms with E-state index in [4.69, 9.17) is 24.3 Å². The smallest absolute Gasteiger partial charge is 0.488 e. The molecule has 4 rings (SSSR count). The van der Waals surface area contributed by atoms with Gasteiger partial charge in [0.05, 0.1) is 67.0 Å². The SMILES string of the molecule is CC.CC.CC.CC.CO/C=C(/C(=O)OC)c1ccccc1C.CO/C=C(/C(=O)OC)c1ccccc1CBr.CO/C=C(\C)C(=O)OC.Cc1ccccc1B(O)O.Cc1ccccc1C. The van der Waals surface area contributed by atoms with E-state index < -0.39 is 19.1 Å². The first kappa shape index (κ1) is 69.4. The summed E-state index contributed by atoms with van der Waals surface area (Å²) in [7, 11) is 7.16. The molecule has 0 atom stereocenters. The van der Waals surface area contributed by atoms with Crippen molar-refractivity contribution in [1.29, 1.82) is 0 Å². The van der Waals surface area contributed by atoms with Crippen LogP contribution in [0.2, 0.25) is 0 Å². The van der Waals surface area contributed by atoms with Crippen molar-refractivity contribution in [3.8, 4) is 0 Å². The maximum atomic E-state index is 11.6. The Kier molecular flexibility index (Phi) is 49.8. The Hall–Kier alpha value is -5.63. The summed E-state index contributed by atoms with van der Waals surface area (Å²) in [6.07, 6.45) is 4.13. The number of esters is 3. The highest BCUT2D eigenvalue weighted by molar-refractivity contribution is 9.08. The molecule has 11 nitrogen and oxygen atoms in total. The van der Waals surface area contributed by atoms with Crippen LogP contribution in [0, 0.1) is 27.7 Å². The maximum absolute atomic E-state index is 11.6. The van der Waals surface area contributed by atoms with Crippen LogP contribution in [-0.4, -0.2) is 77.7 Å². The monoisotopic (exact) mass is 982 g/mol. The van der Waals surface area contributed by atoms with E-state index in [0.717, 1.165) is 27.8 Å². The van der Waals surface area contributed by atoms with E-state index in [9.17, 15) is 14.4 Å². The zero-order valence-electron chi connectivity index (χ0n) is 43.2. The number of ether oxygens (including phenoxy) is 6. The first-order chi connectivity index (χ1) is 31.7. The first-order valence-corrected chi connectivity index (χ1v) is 22.9. The number of carbonyl (C=O) groups is 3. The van der Waals surface area contributed by atoms with E-state index in [1.165, 1.54) is 72.6 Å². The second-order valence-corrected chi connectivity index (χ2v) is 12.5. The number of aryl methyl sites for hydroxylation is 4. The molecule has 4 aromatic rings. The molecule has 0 bridgehead atoms. The van der Waals surface area contributed by atoms with Crippen LogP contribution in [0.15, 0.2) is 121 Å². The van der Waals surface area contributed by atoms with Gasteiger partial charge in [-0.2, -0.15) is 0 Å². The van der Waals surface area contributed by atoms with Crippen LogP contribution < -0.4 is 5.46 Å². The Bertz CT molecular complexity index is 1920. The third-order valence-electron chi connectivity index (χ3n) is 7.86. The van der Waals surface area contributed by atoms with Gasteiger partial charge in [-0.15, -0.1) is 0 Å². The Morgan fingerprint density at radius 2 is 0.818 bits per heavy atom.